The van der Waals surface area contributed by atoms with Gasteiger partial charge in [0, 0.05) is 17.3 Å². The van der Waals surface area contributed by atoms with Crippen molar-refractivity contribution in [2.75, 3.05) is 5.01 Å². The van der Waals surface area contributed by atoms with Gasteiger partial charge in [-0.15, -0.1) is 0 Å². The second-order valence-corrected chi connectivity index (χ2v) is 6.43. The molecular formula is C21H18N4O2. The standard InChI is InChI=1S/C21H18N4O2/c1-13-8-15(10-18(26)9-13)20(16-11-22-23-12-16)19-14(2)24-25(21(19)27)17-6-4-3-5-7-17/h3-12,26H,1-2H3,(H,22,23). The van der Waals surface area contributed by atoms with Crippen molar-refractivity contribution in [2.24, 2.45) is 5.10 Å². The molecule has 0 unspecified atom stereocenters. The Balaban J connectivity index is 1.93. The molecule has 0 spiro atoms. The maximum Gasteiger partial charge on any atom is 0.281 e. The van der Waals surface area contributed by atoms with Gasteiger partial charge in [0.15, 0.2) is 0 Å². The number of carbonyl (C=O) groups excluding carboxylic acids is 1. The minimum Gasteiger partial charge on any atom is -0.508 e. The van der Waals surface area contributed by atoms with Crippen molar-refractivity contribution >= 4 is 22.9 Å². The second kappa shape index (κ2) is 6.57. The Hall–Kier alpha value is -3.67. The highest BCUT2D eigenvalue weighted by atomic mass is 16.3. The molecule has 2 aromatic carbocycles. The number of hydrogen-bond acceptors (Lipinski definition) is 4. The van der Waals surface area contributed by atoms with E-state index in [0.29, 0.717) is 22.5 Å². The maximum absolute atomic E-state index is 13.3. The molecule has 0 radical (unpaired) electrons. The lowest BCUT2D eigenvalue weighted by Crippen LogP contribution is -2.22. The number of rotatable bonds is 3. The summed E-state index contributed by atoms with van der Waals surface area (Å²) in [6.07, 6.45) is 3.39. The zero-order valence-electron chi connectivity index (χ0n) is 15.0. The lowest BCUT2D eigenvalue weighted by Gasteiger charge is -2.14. The Labute approximate surface area is 156 Å². The maximum atomic E-state index is 13.3. The number of nitrogens with one attached hydrogen (secondary N) is 1. The van der Waals surface area contributed by atoms with Gasteiger partial charge in [-0.05, 0) is 49.2 Å². The van der Waals surface area contributed by atoms with E-state index >= 15 is 0 Å². The van der Waals surface area contributed by atoms with Crippen LogP contribution >= 0.6 is 0 Å². The van der Waals surface area contributed by atoms with Gasteiger partial charge in [-0.3, -0.25) is 9.89 Å². The lowest BCUT2D eigenvalue weighted by atomic mass is 9.91. The average Bonchev–Trinajstić information content (AvgIpc) is 3.26. The third kappa shape index (κ3) is 3.01. The fraction of sp³-hybridized carbons (Fsp3) is 0.0952. The smallest absolute Gasteiger partial charge is 0.281 e. The molecule has 0 saturated carbocycles. The minimum atomic E-state index is -0.212. The number of hydrazone groups is 1. The first-order valence-electron chi connectivity index (χ1n) is 8.54. The first-order valence-corrected chi connectivity index (χ1v) is 8.54. The number of aromatic hydroxyl groups is 1. The van der Waals surface area contributed by atoms with Crippen LogP contribution in [0.2, 0.25) is 0 Å². The van der Waals surface area contributed by atoms with E-state index in [1.165, 1.54) is 5.01 Å². The number of benzene rings is 2. The molecule has 6 nitrogen and oxygen atoms in total. The van der Waals surface area contributed by atoms with Gasteiger partial charge in [-0.1, -0.05) is 24.3 Å². The summed E-state index contributed by atoms with van der Waals surface area (Å²) in [5, 5.41) is 22.8. The van der Waals surface area contributed by atoms with Crippen LogP contribution in [0.4, 0.5) is 5.69 Å². The van der Waals surface area contributed by atoms with Crippen molar-refractivity contribution in [2.45, 2.75) is 13.8 Å². The quantitative estimate of drug-likeness (QED) is 0.701. The van der Waals surface area contributed by atoms with Crippen molar-refractivity contribution in [1.29, 1.82) is 0 Å². The van der Waals surface area contributed by atoms with E-state index in [2.05, 4.69) is 15.3 Å². The number of H-pyrrole nitrogens is 1. The van der Waals surface area contributed by atoms with Crippen LogP contribution in [0, 0.1) is 6.92 Å². The SMILES string of the molecule is CC1=NN(c2ccccc2)C(=O)C1=C(c1cn[nH]c1)c1cc(C)cc(O)c1. The summed E-state index contributed by atoms with van der Waals surface area (Å²) < 4.78 is 0. The number of phenols is 1. The minimum absolute atomic E-state index is 0.145. The van der Waals surface area contributed by atoms with Crippen LogP contribution in [0.15, 0.2) is 71.6 Å². The van der Waals surface area contributed by atoms with Crippen molar-refractivity contribution in [3.8, 4) is 5.75 Å². The molecule has 0 aliphatic carbocycles. The van der Waals surface area contributed by atoms with Crippen molar-refractivity contribution < 1.29 is 9.90 Å². The normalized spacial score (nSPS) is 15.9. The fourth-order valence-corrected chi connectivity index (χ4v) is 3.29. The van der Waals surface area contributed by atoms with Crippen LogP contribution in [-0.2, 0) is 4.79 Å². The van der Waals surface area contributed by atoms with Gasteiger partial charge in [-0.25, -0.2) is 0 Å². The van der Waals surface area contributed by atoms with Crippen LogP contribution in [0.25, 0.3) is 5.57 Å². The number of carbonyl (C=O) groups is 1. The van der Waals surface area contributed by atoms with Crippen LogP contribution in [0.3, 0.4) is 0 Å². The van der Waals surface area contributed by atoms with E-state index in [-0.39, 0.29) is 11.7 Å². The molecule has 0 bridgehead atoms. The highest BCUT2D eigenvalue weighted by molar-refractivity contribution is 6.34. The van der Waals surface area contributed by atoms with Crippen LogP contribution in [0.1, 0.15) is 23.6 Å². The monoisotopic (exact) mass is 358 g/mol. The predicted molar refractivity (Wildman–Crippen MR) is 104 cm³/mol. The number of anilines is 1. The molecule has 27 heavy (non-hydrogen) atoms. The first-order chi connectivity index (χ1) is 13.0. The van der Waals surface area contributed by atoms with Gasteiger partial charge in [0.1, 0.15) is 5.75 Å². The summed E-state index contributed by atoms with van der Waals surface area (Å²) in [6, 6.07) is 14.6. The largest absolute Gasteiger partial charge is 0.508 e. The zero-order valence-corrected chi connectivity index (χ0v) is 15.0. The van der Waals surface area contributed by atoms with E-state index in [1.54, 1.807) is 24.5 Å². The number of hydrogen-bond donors (Lipinski definition) is 2. The third-order valence-corrected chi connectivity index (χ3v) is 4.41. The molecule has 4 rings (SSSR count). The van der Waals surface area contributed by atoms with Crippen molar-refractivity contribution in [1.82, 2.24) is 10.2 Å². The summed E-state index contributed by atoms with van der Waals surface area (Å²) >= 11 is 0. The number of amides is 1. The van der Waals surface area contributed by atoms with Gasteiger partial charge >= 0.3 is 0 Å². The number of aryl methyl sites for hydroxylation is 1. The zero-order chi connectivity index (χ0) is 19.0. The second-order valence-electron chi connectivity index (χ2n) is 6.43. The van der Waals surface area contributed by atoms with E-state index in [9.17, 15) is 9.90 Å². The van der Waals surface area contributed by atoms with Crippen LogP contribution < -0.4 is 5.01 Å². The predicted octanol–water partition coefficient (Wildman–Crippen LogP) is 3.65. The topological polar surface area (TPSA) is 81.6 Å². The first kappa shape index (κ1) is 16.8. The van der Waals surface area contributed by atoms with E-state index in [1.807, 2.05) is 50.2 Å². The van der Waals surface area contributed by atoms with Gasteiger partial charge in [0.25, 0.3) is 5.91 Å². The van der Waals surface area contributed by atoms with Gasteiger partial charge in [0.05, 0.1) is 23.2 Å². The van der Waals surface area contributed by atoms with E-state index in [0.717, 1.165) is 16.7 Å². The molecule has 1 aliphatic heterocycles. The van der Waals surface area contributed by atoms with Gasteiger partial charge in [0.2, 0.25) is 0 Å². The van der Waals surface area contributed by atoms with Gasteiger partial charge < -0.3 is 5.11 Å². The molecule has 0 fully saturated rings. The Bertz CT molecular complexity index is 1050. The highest BCUT2D eigenvalue weighted by Gasteiger charge is 2.32. The third-order valence-electron chi connectivity index (χ3n) is 4.41. The molecule has 1 amide bonds. The summed E-state index contributed by atoms with van der Waals surface area (Å²) in [6.45, 7) is 3.71. The lowest BCUT2D eigenvalue weighted by molar-refractivity contribution is -0.114. The molecule has 0 atom stereocenters. The number of para-hydroxylation sites is 1. The summed E-state index contributed by atoms with van der Waals surface area (Å²) in [5.74, 6) is -0.0672. The fourth-order valence-electron chi connectivity index (χ4n) is 3.29. The number of phenolic OH excluding ortho intramolecular Hbond substituents is 1. The number of aromatic nitrogens is 2. The number of nitrogens with zero attached hydrogens (tertiary/aromatic N) is 3. The van der Waals surface area contributed by atoms with Crippen molar-refractivity contribution in [3.05, 3.63) is 83.2 Å². The Morgan fingerprint density at radius 2 is 1.85 bits per heavy atom. The Morgan fingerprint density at radius 1 is 1.07 bits per heavy atom. The summed E-state index contributed by atoms with van der Waals surface area (Å²) in [5.41, 5.74) is 4.88. The van der Waals surface area contributed by atoms with Crippen LogP contribution in [0.5, 0.6) is 5.75 Å². The Morgan fingerprint density at radius 3 is 2.52 bits per heavy atom. The summed E-state index contributed by atoms with van der Waals surface area (Å²) in [7, 11) is 0. The molecular weight excluding hydrogens is 340 g/mol. The molecule has 3 aromatic rings. The number of aromatic amines is 1. The molecule has 0 saturated heterocycles. The highest BCUT2D eigenvalue weighted by Crippen LogP contribution is 2.34. The van der Waals surface area contributed by atoms with Gasteiger partial charge in [-0.2, -0.15) is 15.2 Å². The van der Waals surface area contributed by atoms with E-state index in [4.69, 9.17) is 0 Å². The molecule has 1 aromatic heterocycles. The molecule has 134 valence electrons. The molecule has 2 heterocycles. The Kier molecular flexibility index (Phi) is 4.08. The molecule has 1 aliphatic rings. The molecule has 6 heteroatoms. The molecule has 2 N–H and O–H groups in total. The van der Waals surface area contributed by atoms with Crippen molar-refractivity contribution in [3.63, 3.8) is 0 Å². The van der Waals surface area contributed by atoms with Crippen LogP contribution in [-0.4, -0.2) is 26.9 Å². The van der Waals surface area contributed by atoms with E-state index < -0.39 is 0 Å². The summed E-state index contributed by atoms with van der Waals surface area (Å²) in [4.78, 5) is 13.3. The average molecular weight is 358 g/mol.